The van der Waals surface area contributed by atoms with Gasteiger partial charge in [0.1, 0.15) is 5.75 Å². The summed E-state index contributed by atoms with van der Waals surface area (Å²) < 4.78 is 2.40. The number of phenols is 1. The number of nitrogens with zero attached hydrogens (tertiary/aromatic N) is 2. The molecule has 0 saturated carbocycles. The van der Waals surface area contributed by atoms with Gasteiger partial charge >= 0.3 is 0 Å². The van der Waals surface area contributed by atoms with Crippen LogP contribution in [0.3, 0.4) is 0 Å². The predicted octanol–water partition coefficient (Wildman–Crippen LogP) is 2.78. The zero-order valence-corrected chi connectivity index (χ0v) is 11.0. The molecule has 19 heavy (non-hydrogen) atoms. The van der Waals surface area contributed by atoms with Gasteiger partial charge in [0.05, 0.1) is 23.6 Å². The highest BCUT2D eigenvalue weighted by Gasteiger charge is 2.24. The normalized spacial score (nSPS) is 16.4. The lowest BCUT2D eigenvalue weighted by molar-refractivity contribution is 0.474. The maximum Gasteiger partial charge on any atom is 0.115 e. The fraction of sp³-hybridized carbons (Fsp3) is 0.312. The number of hydrogen-bond acceptors (Lipinski definition) is 2. The van der Waals surface area contributed by atoms with Crippen LogP contribution < -0.4 is 0 Å². The van der Waals surface area contributed by atoms with E-state index in [2.05, 4.69) is 28.6 Å². The van der Waals surface area contributed by atoms with Gasteiger partial charge in [0.15, 0.2) is 0 Å². The van der Waals surface area contributed by atoms with E-state index >= 15 is 0 Å². The Labute approximate surface area is 112 Å². The molecule has 0 spiro atoms. The lowest BCUT2D eigenvalue weighted by Gasteiger charge is -2.22. The Balaban J connectivity index is 1.99. The predicted molar refractivity (Wildman–Crippen MR) is 76.0 cm³/mol. The number of aromatic hydroxyl groups is 1. The van der Waals surface area contributed by atoms with Crippen molar-refractivity contribution in [2.75, 3.05) is 6.54 Å². The molecule has 2 aromatic rings. The minimum absolute atomic E-state index is 0.366. The van der Waals surface area contributed by atoms with Crippen LogP contribution in [-0.4, -0.2) is 21.9 Å². The van der Waals surface area contributed by atoms with Gasteiger partial charge in [0, 0.05) is 12.1 Å². The zero-order valence-electron chi connectivity index (χ0n) is 11.0. The quantitative estimate of drug-likeness (QED) is 0.769. The number of fused-ring (bicyclic) bond motifs is 5. The highest BCUT2D eigenvalue weighted by molar-refractivity contribution is 5.99. The van der Waals surface area contributed by atoms with Crippen molar-refractivity contribution in [3.8, 4) is 17.0 Å². The minimum atomic E-state index is 0.366. The largest absolute Gasteiger partial charge is 0.508 e. The van der Waals surface area contributed by atoms with E-state index in [1.807, 2.05) is 6.07 Å². The van der Waals surface area contributed by atoms with Crippen LogP contribution in [0.15, 0.2) is 29.3 Å². The van der Waals surface area contributed by atoms with Gasteiger partial charge in [0.2, 0.25) is 0 Å². The van der Waals surface area contributed by atoms with Gasteiger partial charge in [0.25, 0.3) is 0 Å². The Morgan fingerprint density at radius 3 is 2.89 bits per heavy atom. The third kappa shape index (κ3) is 1.47. The first kappa shape index (κ1) is 10.9. The Kier molecular flexibility index (Phi) is 2.13. The van der Waals surface area contributed by atoms with Gasteiger partial charge in [-0.15, -0.1) is 0 Å². The van der Waals surface area contributed by atoms with Crippen molar-refractivity contribution in [3.63, 3.8) is 0 Å². The first-order chi connectivity index (χ1) is 9.24. The van der Waals surface area contributed by atoms with Crippen LogP contribution in [0.5, 0.6) is 5.75 Å². The molecule has 0 fully saturated rings. The topological polar surface area (TPSA) is 37.5 Å². The molecule has 0 amide bonds. The van der Waals surface area contributed by atoms with Gasteiger partial charge in [-0.1, -0.05) is 0 Å². The number of benzene rings is 1. The first-order valence-electron chi connectivity index (χ1n) is 6.80. The SMILES string of the molecule is CC1=NCCn2c1cc1c2-c2ccc(O)cc2CC1. The van der Waals surface area contributed by atoms with E-state index in [4.69, 9.17) is 0 Å². The second-order valence-electron chi connectivity index (χ2n) is 5.36. The van der Waals surface area contributed by atoms with Crippen molar-refractivity contribution in [2.24, 2.45) is 4.99 Å². The van der Waals surface area contributed by atoms with Gasteiger partial charge in [-0.05, 0) is 55.2 Å². The van der Waals surface area contributed by atoms with Crippen LogP contribution in [0.4, 0.5) is 0 Å². The summed E-state index contributed by atoms with van der Waals surface area (Å²) in [6, 6.07) is 8.04. The van der Waals surface area contributed by atoms with Crippen LogP contribution in [0.1, 0.15) is 23.7 Å². The first-order valence-corrected chi connectivity index (χ1v) is 6.80. The van der Waals surface area contributed by atoms with Gasteiger partial charge in [-0.2, -0.15) is 0 Å². The third-order valence-corrected chi connectivity index (χ3v) is 4.23. The van der Waals surface area contributed by atoms with E-state index in [0.29, 0.717) is 5.75 Å². The third-order valence-electron chi connectivity index (χ3n) is 4.23. The number of aliphatic imine (C=N–C) groups is 1. The molecule has 0 atom stereocenters. The van der Waals surface area contributed by atoms with Crippen LogP contribution in [-0.2, 0) is 19.4 Å². The molecule has 1 aliphatic heterocycles. The molecule has 1 aromatic carbocycles. The van der Waals surface area contributed by atoms with Crippen molar-refractivity contribution >= 4 is 5.71 Å². The fourth-order valence-corrected chi connectivity index (χ4v) is 3.33. The van der Waals surface area contributed by atoms with E-state index in [1.54, 1.807) is 6.07 Å². The Hall–Kier alpha value is -2.03. The summed E-state index contributed by atoms with van der Waals surface area (Å²) in [5.41, 5.74) is 7.70. The van der Waals surface area contributed by atoms with Crippen molar-refractivity contribution in [1.29, 1.82) is 0 Å². The summed E-state index contributed by atoms with van der Waals surface area (Å²) in [4.78, 5) is 4.54. The summed E-state index contributed by atoms with van der Waals surface area (Å²) in [7, 11) is 0. The van der Waals surface area contributed by atoms with E-state index in [0.717, 1.165) is 31.6 Å². The molecule has 0 unspecified atom stereocenters. The second kappa shape index (κ2) is 3.73. The lowest BCUT2D eigenvalue weighted by Crippen LogP contribution is -2.17. The van der Waals surface area contributed by atoms with Crippen molar-refractivity contribution in [2.45, 2.75) is 26.3 Å². The Morgan fingerprint density at radius 2 is 2.00 bits per heavy atom. The van der Waals surface area contributed by atoms with Crippen LogP contribution in [0.25, 0.3) is 11.3 Å². The molecule has 1 aliphatic carbocycles. The highest BCUT2D eigenvalue weighted by Crippen LogP contribution is 2.38. The maximum atomic E-state index is 9.64. The highest BCUT2D eigenvalue weighted by atomic mass is 16.3. The summed E-state index contributed by atoms with van der Waals surface area (Å²) >= 11 is 0. The molecule has 2 aliphatic rings. The molecule has 0 radical (unpaired) electrons. The Bertz CT molecular complexity index is 710. The van der Waals surface area contributed by atoms with Crippen molar-refractivity contribution in [1.82, 2.24) is 4.57 Å². The molecule has 3 heteroatoms. The monoisotopic (exact) mass is 252 g/mol. The standard InChI is InChI=1S/C16H16N2O/c1-10-15-9-12-3-2-11-8-13(19)4-5-14(11)16(12)18(15)7-6-17-10/h4-5,8-9,19H,2-3,6-7H2,1H3. The second-order valence-corrected chi connectivity index (χ2v) is 5.36. The Morgan fingerprint density at radius 1 is 1.16 bits per heavy atom. The smallest absolute Gasteiger partial charge is 0.115 e. The van der Waals surface area contributed by atoms with Gasteiger partial charge in [-0.25, -0.2) is 0 Å². The fourth-order valence-electron chi connectivity index (χ4n) is 3.33. The molecule has 0 saturated heterocycles. The van der Waals surface area contributed by atoms with Crippen molar-refractivity contribution in [3.05, 3.63) is 41.1 Å². The number of rotatable bonds is 0. The van der Waals surface area contributed by atoms with Gasteiger partial charge < -0.3 is 9.67 Å². The van der Waals surface area contributed by atoms with Gasteiger partial charge in [-0.3, -0.25) is 4.99 Å². The molecule has 1 N–H and O–H groups in total. The zero-order chi connectivity index (χ0) is 13.0. The molecule has 4 rings (SSSR count). The summed E-state index contributed by atoms with van der Waals surface area (Å²) in [6.07, 6.45) is 2.06. The molecule has 1 aromatic heterocycles. The maximum absolute atomic E-state index is 9.64. The average Bonchev–Trinajstić information content (AvgIpc) is 2.79. The molecular weight excluding hydrogens is 236 g/mol. The number of aromatic nitrogens is 1. The number of hydrogen-bond donors (Lipinski definition) is 1. The van der Waals surface area contributed by atoms with Crippen LogP contribution >= 0.6 is 0 Å². The van der Waals surface area contributed by atoms with Crippen molar-refractivity contribution < 1.29 is 5.11 Å². The molecule has 3 nitrogen and oxygen atoms in total. The van der Waals surface area contributed by atoms with E-state index in [1.165, 1.54) is 28.1 Å². The van der Waals surface area contributed by atoms with E-state index in [9.17, 15) is 5.11 Å². The van der Waals surface area contributed by atoms with Crippen LogP contribution in [0.2, 0.25) is 0 Å². The average molecular weight is 252 g/mol. The van der Waals surface area contributed by atoms with E-state index < -0.39 is 0 Å². The molecule has 0 bridgehead atoms. The molecule has 96 valence electrons. The summed E-state index contributed by atoms with van der Waals surface area (Å²) in [5, 5.41) is 9.64. The number of aryl methyl sites for hydroxylation is 2. The van der Waals surface area contributed by atoms with E-state index in [-0.39, 0.29) is 0 Å². The lowest BCUT2D eigenvalue weighted by atomic mass is 9.90. The number of phenolic OH excluding ortho intramolecular Hbond substituents is 1. The summed E-state index contributed by atoms with van der Waals surface area (Å²) in [5.74, 6) is 0.366. The minimum Gasteiger partial charge on any atom is -0.508 e. The van der Waals surface area contributed by atoms with Crippen LogP contribution in [0, 0.1) is 0 Å². The summed E-state index contributed by atoms with van der Waals surface area (Å²) in [6.45, 7) is 3.92. The molecule has 2 heterocycles. The molecular formula is C16H16N2O.